The Labute approximate surface area is 159 Å². The molecule has 142 valence electrons. The Balaban J connectivity index is 1.70. The monoisotopic (exact) mass is 367 g/mol. The summed E-state index contributed by atoms with van der Waals surface area (Å²) in [7, 11) is 0. The lowest BCUT2D eigenvalue weighted by atomic mass is 10.1. The van der Waals surface area contributed by atoms with E-state index in [1.54, 1.807) is 12.1 Å². The molecule has 0 heterocycles. The van der Waals surface area contributed by atoms with Crippen LogP contribution in [-0.4, -0.2) is 24.3 Å². The normalized spacial score (nSPS) is 10.3. The molecule has 2 aromatic rings. The zero-order valence-corrected chi connectivity index (χ0v) is 15.6. The first-order valence-electron chi connectivity index (χ1n) is 8.91. The summed E-state index contributed by atoms with van der Waals surface area (Å²) in [6, 6.07) is 16.6. The van der Waals surface area contributed by atoms with Crippen molar-refractivity contribution in [2.45, 2.75) is 26.8 Å². The van der Waals surface area contributed by atoms with Crippen LogP contribution in [0.3, 0.4) is 0 Å². The van der Waals surface area contributed by atoms with Gasteiger partial charge in [0.05, 0.1) is 13.0 Å². The molecule has 6 nitrogen and oxygen atoms in total. The predicted molar refractivity (Wildman–Crippen MR) is 105 cm³/mol. The molecular formula is C21H25N3O3. The summed E-state index contributed by atoms with van der Waals surface area (Å²) in [5.74, 6) is -0.571. The van der Waals surface area contributed by atoms with E-state index in [1.807, 2.05) is 56.3 Å². The highest BCUT2D eigenvalue weighted by atomic mass is 16.2. The standard InChI is InChI=1S/C21H25N3O3/c1-15(2)21(27)24-18-10-8-17(9-11-18)13-22-20(26)14-23-19(25)12-16-6-4-3-5-7-16/h3-11,15H,12-14H2,1-2H3,(H,22,26)(H,23,25)(H,24,27). The van der Waals surface area contributed by atoms with Crippen molar-refractivity contribution in [3.8, 4) is 0 Å². The first-order chi connectivity index (χ1) is 12.9. The number of amides is 3. The maximum absolute atomic E-state index is 11.9. The Morgan fingerprint density at radius 1 is 0.815 bits per heavy atom. The van der Waals surface area contributed by atoms with Crippen molar-refractivity contribution in [3.63, 3.8) is 0 Å². The minimum atomic E-state index is -0.256. The van der Waals surface area contributed by atoms with E-state index in [0.717, 1.165) is 16.8 Å². The number of nitrogens with one attached hydrogen (secondary N) is 3. The summed E-state index contributed by atoms with van der Waals surface area (Å²) in [5, 5.41) is 8.18. The van der Waals surface area contributed by atoms with Gasteiger partial charge in [-0.2, -0.15) is 0 Å². The molecule has 2 rings (SSSR count). The molecule has 0 spiro atoms. The minimum Gasteiger partial charge on any atom is -0.350 e. The zero-order chi connectivity index (χ0) is 19.6. The molecule has 0 aliphatic heterocycles. The van der Waals surface area contributed by atoms with Crippen molar-refractivity contribution in [2.24, 2.45) is 5.92 Å². The summed E-state index contributed by atoms with van der Waals surface area (Å²) in [6.07, 6.45) is 0.248. The number of anilines is 1. The van der Waals surface area contributed by atoms with Crippen LogP contribution in [0.1, 0.15) is 25.0 Å². The lowest BCUT2D eigenvalue weighted by Gasteiger charge is -2.10. The van der Waals surface area contributed by atoms with Crippen LogP contribution in [0.4, 0.5) is 5.69 Å². The lowest BCUT2D eigenvalue weighted by Crippen LogP contribution is -2.37. The smallest absolute Gasteiger partial charge is 0.239 e. The first-order valence-corrected chi connectivity index (χ1v) is 8.91. The predicted octanol–water partition coefficient (Wildman–Crippen LogP) is 2.26. The van der Waals surface area contributed by atoms with Gasteiger partial charge >= 0.3 is 0 Å². The molecule has 0 unspecified atom stereocenters. The molecule has 0 atom stereocenters. The number of carbonyl (C=O) groups is 3. The van der Waals surface area contributed by atoms with Gasteiger partial charge in [-0.05, 0) is 23.3 Å². The molecule has 2 aromatic carbocycles. The van der Waals surface area contributed by atoms with Crippen LogP contribution in [-0.2, 0) is 27.3 Å². The summed E-state index contributed by atoms with van der Waals surface area (Å²) in [6.45, 7) is 3.95. The SMILES string of the molecule is CC(C)C(=O)Nc1ccc(CNC(=O)CNC(=O)Cc2ccccc2)cc1. The molecule has 0 radical (unpaired) electrons. The van der Waals surface area contributed by atoms with Gasteiger partial charge in [0.2, 0.25) is 17.7 Å². The molecule has 3 amide bonds. The fourth-order valence-electron chi connectivity index (χ4n) is 2.28. The number of benzene rings is 2. The Kier molecular flexibility index (Phi) is 7.55. The van der Waals surface area contributed by atoms with Crippen molar-refractivity contribution < 1.29 is 14.4 Å². The Hall–Kier alpha value is -3.15. The molecule has 0 saturated carbocycles. The van der Waals surface area contributed by atoms with E-state index in [2.05, 4.69) is 16.0 Å². The van der Waals surface area contributed by atoms with Crippen molar-refractivity contribution >= 4 is 23.4 Å². The van der Waals surface area contributed by atoms with E-state index in [9.17, 15) is 14.4 Å². The summed E-state index contributed by atoms with van der Waals surface area (Å²) < 4.78 is 0. The lowest BCUT2D eigenvalue weighted by molar-refractivity contribution is -0.125. The number of hydrogen-bond donors (Lipinski definition) is 3. The molecule has 3 N–H and O–H groups in total. The van der Waals surface area contributed by atoms with Crippen LogP contribution in [0.15, 0.2) is 54.6 Å². The topological polar surface area (TPSA) is 87.3 Å². The second-order valence-corrected chi connectivity index (χ2v) is 6.56. The largest absolute Gasteiger partial charge is 0.350 e. The summed E-state index contributed by atoms with van der Waals surface area (Å²) in [4.78, 5) is 35.4. The molecule has 0 bridgehead atoms. The molecule has 0 fully saturated rings. The Morgan fingerprint density at radius 2 is 1.48 bits per heavy atom. The zero-order valence-electron chi connectivity index (χ0n) is 15.6. The molecule has 0 aliphatic rings. The minimum absolute atomic E-state index is 0.0395. The fraction of sp³-hybridized carbons (Fsp3) is 0.286. The third kappa shape index (κ3) is 7.32. The van der Waals surface area contributed by atoms with E-state index < -0.39 is 0 Å². The highest BCUT2D eigenvalue weighted by molar-refractivity contribution is 5.92. The highest BCUT2D eigenvalue weighted by Crippen LogP contribution is 2.10. The average molecular weight is 367 g/mol. The van der Waals surface area contributed by atoms with E-state index in [-0.39, 0.29) is 36.6 Å². The van der Waals surface area contributed by atoms with E-state index in [1.165, 1.54) is 0 Å². The number of hydrogen-bond acceptors (Lipinski definition) is 3. The van der Waals surface area contributed by atoms with Crippen molar-refractivity contribution in [1.29, 1.82) is 0 Å². The van der Waals surface area contributed by atoms with Crippen LogP contribution in [0.2, 0.25) is 0 Å². The van der Waals surface area contributed by atoms with Crippen molar-refractivity contribution in [2.75, 3.05) is 11.9 Å². The van der Waals surface area contributed by atoms with Gasteiger partial charge < -0.3 is 16.0 Å². The second-order valence-electron chi connectivity index (χ2n) is 6.56. The van der Waals surface area contributed by atoms with Gasteiger partial charge in [-0.25, -0.2) is 0 Å². The molecule has 6 heteroatoms. The van der Waals surface area contributed by atoms with Gasteiger partial charge in [-0.1, -0.05) is 56.3 Å². The van der Waals surface area contributed by atoms with Crippen LogP contribution in [0.25, 0.3) is 0 Å². The average Bonchev–Trinajstić information content (AvgIpc) is 2.66. The van der Waals surface area contributed by atoms with Gasteiger partial charge in [-0.3, -0.25) is 14.4 Å². The van der Waals surface area contributed by atoms with E-state index in [4.69, 9.17) is 0 Å². The summed E-state index contributed by atoms with van der Waals surface area (Å²) >= 11 is 0. The molecule has 0 saturated heterocycles. The third-order valence-corrected chi connectivity index (χ3v) is 3.89. The summed E-state index contributed by atoms with van der Waals surface area (Å²) in [5.41, 5.74) is 2.53. The van der Waals surface area contributed by atoms with Gasteiger partial charge in [0.15, 0.2) is 0 Å². The third-order valence-electron chi connectivity index (χ3n) is 3.89. The molecule has 0 aliphatic carbocycles. The number of rotatable bonds is 8. The van der Waals surface area contributed by atoms with Crippen molar-refractivity contribution in [1.82, 2.24) is 10.6 Å². The van der Waals surface area contributed by atoms with E-state index in [0.29, 0.717) is 6.54 Å². The molecule has 0 aromatic heterocycles. The van der Waals surface area contributed by atoms with Crippen LogP contribution < -0.4 is 16.0 Å². The van der Waals surface area contributed by atoms with Gasteiger partial charge in [0.1, 0.15) is 0 Å². The van der Waals surface area contributed by atoms with Gasteiger partial charge in [0.25, 0.3) is 0 Å². The fourth-order valence-corrected chi connectivity index (χ4v) is 2.28. The van der Waals surface area contributed by atoms with Gasteiger partial charge in [0, 0.05) is 18.2 Å². The van der Waals surface area contributed by atoms with Crippen LogP contribution in [0.5, 0.6) is 0 Å². The molecular weight excluding hydrogens is 342 g/mol. The van der Waals surface area contributed by atoms with Crippen molar-refractivity contribution in [3.05, 3.63) is 65.7 Å². The van der Waals surface area contributed by atoms with Gasteiger partial charge in [-0.15, -0.1) is 0 Å². The quantitative estimate of drug-likeness (QED) is 0.669. The van der Waals surface area contributed by atoms with Crippen LogP contribution in [0, 0.1) is 5.92 Å². The number of carbonyl (C=O) groups excluding carboxylic acids is 3. The van der Waals surface area contributed by atoms with E-state index >= 15 is 0 Å². The maximum atomic E-state index is 11.9. The van der Waals surface area contributed by atoms with Crippen LogP contribution >= 0.6 is 0 Å². The molecule has 27 heavy (non-hydrogen) atoms. The first kappa shape index (κ1) is 20.2. The second kappa shape index (κ2) is 10.1. The highest BCUT2D eigenvalue weighted by Gasteiger charge is 2.08. The maximum Gasteiger partial charge on any atom is 0.239 e. The Morgan fingerprint density at radius 3 is 2.11 bits per heavy atom. The Bertz CT molecular complexity index is 771.